The first-order valence-corrected chi connectivity index (χ1v) is 3.48. The molecule has 1 aliphatic rings. The number of hydrogen-bond acceptors (Lipinski definition) is 0. The van der Waals surface area contributed by atoms with Crippen molar-refractivity contribution in [3.05, 3.63) is 36.5 Å². The summed E-state index contributed by atoms with van der Waals surface area (Å²) in [6.45, 7) is 0. The van der Waals surface area contributed by atoms with Crippen LogP contribution in [0.25, 0.3) is 0 Å². The lowest BCUT2D eigenvalue weighted by Gasteiger charge is -1.85. The standard InChI is InChI=1S/C9H12/c1-2-4-6-8-9-7-5-3-1/h1-6H,7-9H2/b2-1-,5-3-,6-4?. The van der Waals surface area contributed by atoms with Crippen molar-refractivity contribution >= 4 is 0 Å². The Hall–Kier alpha value is -0.780. The van der Waals surface area contributed by atoms with E-state index in [4.69, 9.17) is 0 Å². The van der Waals surface area contributed by atoms with Crippen molar-refractivity contribution in [2.45, 2.75) is 19.3 Å². The SMILES string of the molecule is C1=CCCC/C=C\C=C/1. The minimum atomic E-state index is 1.22. The Labute approximate surface area is 56.6 Å². The van der Waals surface area contributed by atoms with Crippen LogP contribution in [0.4, 0.5) is 0 Å². The van der Waals surface area contributed by atoms with Crippen LogP contribution in [0, 0.1) is 0 Å². The zero-order chi connectivity index (χ0) is 6.36. The van der Waals surface area contributed by atoms with Crippen molar-refractivity contribution in [1.82, 2.24) is 0 Å². The fourth-order valence-corrected chi connectivity index (χ4v) is 0.831. The Morgan fingerprint density at radius 3 is 1.78 bits per heavy atom. The fourth-order valence-electron chi connectivity index (χ4n) is 0.831. The third-order valence-electron chi connectivity index (χ3n) is 1.35. The van der Waals surface area contributed by atoms with Crippen molar-refractivity contribution in [3.8, 4) is 0 Å². The molecule has 48 valence electrons. The molecule has 0 bridgehead atoms. The molecule has 0 atom stereocenters. The molecular weight excluding hydrogens is 108 g/mol. The van der Waals surface area contributed by atoms with Crippen LogP contribution in [0.1, 0.15) is 19.3 Å². The Balaban J connectivity index is 2.45. The van der Waals surface area contributed by atoms with E-state index in [0.717, 1.165) is 0 Å². The molecule has 0 saturated heterocycles. The van der Waals surface area contributed by atoms with Gasteiger partial charge in [0.15, 0.2) is 0 Å². The molecule has 0 unspecified atom stereocenters. The van der Waals surface area contributed by atoms with Gasteiger partial charge in [-0.1, -0.05) is 36.5 Å². The van der Waals surface area contributed by atoms with E-state index in [9.17, 15) is 0 Å². The van der Waals surface area contributed by atoms with Gasteiger partial charge in [0.2, 0.25) is 0 Å². The second-order valence-corrected chi connectivity index (χ2v) is 2.17. The van der Waals surface area contributed by atoms with E-state index in [-0.39, 0.29) is 0 Å². The van der Waals surface area contributed by atoms with E-state index in [1.807, 2.05) is 0 Å². The van der Waals surface area contributed by atoms with Gasteiger partial charge in [0.1, 0.15) is 0 Å². The van der Waals surface area contributed by atoms with Crippen LogP contribution in [0.15, 0.2) is 36.5 Å². The highest BCUT2D eigenvalue weighted by Gasteiger charge is 1.79. The molecule has 1 rings (SSSR count). The Morgan fingerprint density at radius 2 is 1.22 bits per heavy atom. The quantitative estimate of drug-likeness (QED) is 0.461. The summed E-state index contributed by atoms with van der Waals surface area (Å²) in [5, 5.41) is 0. The van der Waals surface area contributed by atoms with Gasteiger partial charge in [0, 0.05) is 0 Å². The molecule has 0 saturated carbocycles. The molecule has 0 heterocycles. The smallest absolute Gasteiger partial charge is 0.0345 e. The van der Waals surface area contributed by atoms with E-state index in [2.05, 4.69) is 36.5 Å². The van der Waals surface area contributed by atoms with Crippen LogP contribution in [-0.4, -0.2) is 0 Å². The van der Waals surface area contributed by atoms with Gasteiger partial charge in [-0.3, -0.25) is 0 Å². The normalized spacial score (nSPS) is 25.8. The molecular formula is C9H12. The van der Waals surface area contributed by atoms with Crippen molar-refractivity contribution < 1.29 is 0 Å². The molecule has 0 spiro atoms. The molecule has 0 nitrogen and oxygen atoms in total. The van der Waals surface area contributed by atoms with Gasteiger partial charge in [0.25, 0.3) is 0 Å². The molecule has 0 aromatic heterocycles. The predicted octanol–water partition coefficient (Wildman–Crippen LogP) is 2.84. The fraction of sp³-hybridized carbons (Fsp3) is 0.333. The van der Waals surface area contributed by atoms with Crippen molar-refractivity contribution in [1.29, 1.82) is 0 Å². The van der Waals surface area contributed by atoms with E-state index >= 15 is 0 Å². The molecule has 0 aromatic rings. The third-order valence-corrected chi connectivity index (χ3v) is 1.35. The number of rotatable bonds is 0. The number of hydrogen-bond donors (Lipinski definition) is 0. The minimum absolute atomic E-state index is 1.22. The average Bonchev–Trinajstić information content (AvgIpc) is 2.00. The lowest BCUT2D eigenvalue weighted by Crippen LogP contribution is -1.65. The van der Waals surface area contributed by atoms with Crippen LogP contribution in [-0.2, 0) is 0 Å². The van der Waals surface area contributed by atoms with E-state index < -0.39 is 0 Å². The molecule has 0 aromatic carbocycles. The van der Waals surface area contributed by atoms with Gasteiger partial charge in [-0.2, -0.15) is 0 Å². The van der Waals surface area contributed by atoms with Crippen LogP contribution >= 0.6 is 0 Å². The summed E-state index contributed by atoms with van der Waals surface area (Å²) in [7, 11) is 0. The minimum Gasteiger partial charge on any atom is -0.0845 e. The second-order valence-electron chi connectivity index (χ2n) is 2.17. The monoisotopic (exact) mass is 120 g/mol. The van der Waals surface area contributed by atoms with E-state index in [1.54, 1.807) is 0 Å². The first-order chi connectivity index (χ1) is 4.50. The summed E-state index contributed by atoms with van der Waals surface area (Å²) < 4.78 is 0. The van der Waals surface area contributed by atoms with Gasteiger partial charge >= 0.3 is 0 Å². The van der Waals surface area contributed by atoms with E-state index in [1.165, 1.54) is 19.3 Å². The molecule has 0 aliphatic heterocycles. The van der Waals surface area contributed by atoms with Gasteiger partial charge < -0.3 is 0 Å². The van der Waals surface area contributed by atoms with Gasteiger partial charge in [-0.05, 0) is 19.3 Å². The Morgan fingerprint density at radius 1 is 0.667 bits per heavy atom. The van der Waals surface area contributed by atoms with E-state index in [0.29, 0.717) is 0 Å². The van der Waals surface area contributed by atoms with Crippen LogP contribution in [0.5, 0.6) is 0 Å². The lowest BCUT2D eigenvalue weighted by atomic mass is 10.2. The van der Waals surface area contributed by atoms with Crippen molar-refractivity contribution in [2.75, 3.05) is 0 Å². The summed E-state index contributed by atoms with van der Waals surface area (Å²) in [6.07, 6.45) is 16.5. The maximum Gasteiger partial charge on any atom is -0.0345 e. The Bertz CT molecular complexity index is 122. The summed E-state index contributed by atoms with van der Waals surface area (Å²) in [5.74, 6) is 0. The highest BCUT2D eigenvalue weighted by molar-refractivity contribution is 5.12. The summed E-state index contributed by atoms with van der Waals surface area (Å²) in [4.78, 5) is 0. The summed E-state index contributed by atoms with van der Waals surface area (Å²) in [6, 6.07) is 0. The molecule has 0 heteroatoms. The zero-order valence-electron chi connectivity index (χ0n) is 5.59. The summed E-state index contributed by atoms with van der Waals surface area (Å²) >= 11 is 0. The third kappa shape index (κ3) is 2.91. The maximum absolute atomic E-state index is 2.21. The average molecular weight is 120 g/mol. The molecule has 9 heavy (non-hydrogen) atoms. The zero-order valence-corrected chi connectivity index (χ0v) is 5.59. The van der Waals surface area contributed by atoms with Gasteiger partial charge in [-0.15, -0.1) is 0 Å². The first-order valence-electron chi connectivity index (χ1n) is 3.48. The summed E-state index contributed by atoms with van der Waals surface area (Å²) in [5.41, 5.74) is 0. The van der Waals surface area contributed by atoms with Crippen LogP contribution in [0.2, 0.25) is 0 Å². The Kier molecular flexibility index (Phi) is 2.91. The van der Waals surface area contributed by atoms with Crippen molar-refractivity contribution in [2.24, 2.45) is 0 Å². The maximum atomic E-state index is 2.21. The van der Waals surface area contributed by atoms with Crippen molar-refractivity contribution in [3.63, 3.8) is 0 Å². The largest absolute Gasteiger partial charge is 0.0845 e. The van der Waals surface area contributed by atoms with Gasteiger partial charge in [-0.25, -0.2) is 0 Å². The van der Waals surface area contributed by atoms with Crippen LogP contribution in [0.3, 0.4) is 0 Å². The van der Waals surface area contributed by atoms with Gasteiger partial charge in [0.05, 0.1) is 0 Å². The number of allylic oxidation sites excluding steroid dienone is 6. The molecule has 0 N–H and O–H groups in total. The molecule has 0 radical (unpaired) electrons. The topological polar surface area (TPSA) is 0 Å². The second kappa shape index (κ2) is 4.13. The molecule has 0 fully saturated rings. The molecule has 1 aliphatic carbocycles. The first kappa shape index (κ1) is 6.34. The highest BCUT2D eigenvalue weighted by atomic mass is 13.9. The molecule has 0 amide bonds. The lowest BCUT2D eigenvalue weighted by molar-refractivity contribution is 0.869. The van der Waals surface area contributed by atoms with Crippen LogP contribution < -0.4 is 0 Å². The highest BCUT2D eigenvalue weighted by Crippen LogP contribution is 2.00. The predicted molar refractivity (Wildman–Crippen MR) is 41.3 cm³/mol.